The van der Waals surface area contributed by atoms with Gasteiger partial charge in [0.1, 0.15) is 5.75 Å². The first-order chi connectivity index (χ1) is 6.84. The Kier molecular flexibility index (Phi) is 2.89. The van der Waals surface area contributed by atoms with Gasteiger partial charge in [0, 0.05) is 5.69 Å². The van der Waals surface area contributed by atoms with Gasteiger partial charge in [0.25, 0.3) is 0 Å². The third-order valence-electron chi connectivity index (χ3n) is 2.24. The molecular weight excluding hydrogens is 178 g/mol. The summed E-state index contributed by atoms with van der Waals surface area (Å²) >= 11 is 0. The minimum Gasteiger partial charge on any atom is -0.468 e. The second-order valence-electron chi connectivity index (χ2n) is 3.65. The van der Waals surface area contributed by atoms with E-state index in [9.17, 15) is 0 Å². The Hall–Kier alpha value is -1.22. The summed E-state index contributed by atoms with van der Waals surface area (Å²) < 4.78 is 10.7. The van der Waals surface area contributed by atoms with Crippen LogP contribution in [-0.2, 0) is 4.74 Å². The van der Waals surface area contributed by atoms with E-state index >= 15 is 0 Å². The molecule has 1 aromatic rings. The fraction of sp³-hybridized carbons (Fsp3) is 0.455. The van der Waals surface area contributed by atoms with Crippen molar-refractivity contribution in [2.45, 2.75) is 12.8 Å². The van der Waals surface area contributed by atoms with Gasteiger partial charge in [-0.3, -0.25) is 0 Å². The molecule has 1 aliphatic carbocycles. The molecule has 0 aliphatic heterocycles. The second-order valence-corrected chi connectivity index (χ2v) is 3.65. The highest BCUT2D eigenvalue weighted by Gasteiger charge is 2.20. The van der Waals surface area contributed by atoms with Crippen molar-refractivity contribution in [2.24, 2.45) is 5.92 Å². The predicted octanol–water partition coefficient (Wildman–Crippen LogP) is 2.03. The van der Waals surface area contributed by atoms with E-state index in [1.807, 2.05) is 24.3 Å². The highest BCUT2D eigenvalue weighted by atomic mass is 16.7. The Morgan fingerprint density at radius 1 is 1.21 bits per heavy atom. The van der Waals surface area contributed by atoms with E-state index in [2.05, 4.69) is 0 Å². The van der Waals surface area contributed by atoms with Gasteiger partial charge in [0.15, 0.2) is 6.79 Å². The van der Waals surface area contributed by atoms with Crippen molar-refractivity contribution in [3.63, 3.8) is 0 Å². The predicted molar refractivity (Wildman–Crippen MR) is 55.0 cm³/mol. The maximum Gasteiger partial charge on any atom is 0.189 e. The quantitative estimate of drug-likeness (QED) is 0.442. The van der Waals surface area contributed by atoms with Crippen LogP contribution in [0.5, 0.6) is 5.75 Å². The van der Waals surface area contributed by atoms with Crippen LogP contribution in [0.3, 0.4) is 0 Å². The Bertz CT molecular complexity index is 280. The normalized spacial score (nSPS) is 15.4. The number of hydrogen-bond acceptors (Lipinski definition) is 3. The fourth-order valence-electron chi connectivity index (χ4n) is 1.17. The van der Waals surface area contributed by atoms with Gasteiger partial charge in [-0.2, -0.15) is 0 Å². The first kappa shape index (κ1) is 9.34. The Balaban J connectivity index is 1.66. The van der Waals surface area contributed by atoms with Crippen LogP contribution < -0.4 is 10.5 Å². The molecule has 1 fully saturated rings. The van der Waals surface area contributed by atoms with Gasteiger partial charge in [-0.1, -0.05) is 0 Å². The van der Waals surface area contributed by atoms with Crippen LogP contribution in [0, 0.1) is 5.92 Å². The molecule has 3 nitrogen and oxygen atoms in total. The number of hydrogen-bond donors (Lipinski definition) is 1. The zero-order chi connectivity index (χ0) is 9.80. The van der Waals surface area contributed by atoms with Crippen LogP contribution in [0.25, 0.3) is 0 Å². The molecule has 1 saturated carbocycles. The molecule has 2 rings (SSSR count). The third kappa shape index (κ3) is 2.92. The van der Waals surface area contributed by atoms with E-state index in [0.717, 1.165) is 24.0 Å². The van der Waals surface area contributed by atoms with Gasteiger partial charge >= 0.3 is 0 Å². The lowest BCUT2D eigenvalue weighted by Gasteiger charge is -2.06. The topological polar surface area (TPSA) is 44.5 Å². The largest absolute Gasteiger partial charge is 0.468 e. The van der Waals surface area contributed by atoms with Crippen LogP contribution in [0.1, 0.15) is 12.8 Å². The van der Waals surface area contributed by atoms with E-state index in [1.165, 1.54) is 12.8 Å². The molecule has 1 aliphatic rings. The lowest BCUT2D eigenvalue weighted by Crippen LogP contribution is -2.04. The highest BCUT2D eigenvalue weighted by molar-refractivity contribution is 5.41. The first-order valence-corrected chi connectivity index (χ1v) is 4.90. The second kappa shape index (κ2) is 4.33. The highest BCUT2D eigenvalue weighted by Crippen LogP contribution is 2.28. The minimum absolute atomic E-state index is 0.334. The summed E-state index contributed by atoms with van der Waals surface area (Å²) in [6, 6.07) is 7.32. The van der Waals surface area contributed by atoms with Crippen molar-refractivity contribution >= 4 is 5.69 Å². The molecule has 14 heavy (non-hydrogen) atoms. The molecule has 2 N–H and O–H groups in total. The zero-order valence-corrected chi connectivity index (χ0v) is 8.11. The number of benzene rings is 1. The molecule has 0 heterocycles. The molecule has 0 radical (unpaired) electrons. The van der Waals surface area contributed by atoms with Gasteiger partial charge in [0.2, 0.25) is 0 Å². The molecule has 0 atom stereocenters. The number of ether oxygens (including phenoxy) is 2. The van der Waals surface area contributed by atoms with Crippen molar-refractivity contribution in [3.05, 3.63) is 24.3 Å². The summed E-state index contributed by atoms with van der Waals surface area (Å²) in [5, 5.41) is 0. The molecule has 0 aromatic heterocycles. The maximum absolute atomic E-state index is 5.54. The van der Waals surface area contributed by atoms with Gasteiger partial charge in [-0.05, 0) is 43.0 Å². The lowest BCUT2D eigenvalue weighted by atomic mass is 10.3. The average Bonchev–Trinajstić information content (AvgIpc) is 2.99. The molecular formula is C11H15NO2. The van der Waals surface area contributed by atoms with Crippen LogP contribution in [0.4, 0.5) is 5.69 Å². The monoisotopic (exact) mass is 193 g/mol. The number of nitrogens with two attached hydrogens (primary N) is 1. The van der Waals surface area contributed by atoms with Crippen molar-refractivity contribution in [1.82, 2.24) is 0 Å². The van der Waals surface area contributed by atoms with Gasteiger partial charge in [0.05, 0.1) is 6.61 Å². The van der Waals surface area contributed by atoms with Crippen molar-refractivity contribution in [3.8, 4) is 5.75 Å². The first-order valence-electron chi connectivity index (χ1n) is 4.90. The number of rotatable bonds is 5. The average molecular weight is 193 g/mol. The van der Waals surface area contributed by atoms with Crippen LogP contribution >= 0.6 is 0 Å². The number of nitrogen functional groups attached to an aromatic ring is 1. The Morgan fingerprint density at radius 3 is 2.57 bits per heavy atom. The van der Waals surface area contributed by atoms with Crippen molar-refractivity contribution in [1.29, 1.82) is 0 Å². The molecule has 0 spiro atoms. The van der Waals surface area contributed by atoms with Crippen molar-refractivity contribution in [2.75, 3.05) is 19.1 Å². The lowest BCUT2D eigenvalue weighted by molar-refractivity contribution is 0.00999. The molecule has 0 unspecified atom stereocenters. The summed E-state index contributed by atoms with van der Waals surface area (Å²) in [6.45, 7) is 1.16. The van der Waals surface area contributed by atoms with E-state index in [-0.39, 0.29) is 0 Å². The minimum atomic E-state index is 0.334. The third-order valence-corrected chi connectivity index (χ3v) is 2.24. The SMILES string of the molecule is Nc1ccc(OCOCC2CC2)cc1. The number of anilines is 1. The van der Waals surface area contributed by atoms with Gasteiger partial charge in [-0.25, -0.2) is 0 Å². The van der Waals surface area contributed by atoms with E-state index in [4.69, 9.17) is 15.2 Å². The molecule has 0 saturated heterocycles. The summed E-state index contributed by atoms with van der Waals surface area (Å²) in [4.78, 5) is 0. The fourth-order valence-corrected chi connectivity index (χ4v) is 1.17. The molecule has 76 valence electrons. The standard InChI is InChI=1S/C11H15NO2/c12-10-3-5-11(6-4-10)14-8-13-7-9-1-2-9/h3-6,9H,1-2,7-8,12H2. The summed E-state index contributed by atoms with van der Waals surface area (Å²) in [5.74, 6) is 1.58. The smallest absolute Gasteiger partial charge is 0.189 e. The zero-order valence-electron chi connectivity index (χ0n) is 8.11. The maximum atomic E-state index is 5.54. The van der Waals surface area contributed by atoms with Crippen LogP contribution in [0.2, 0.25) is 0 Å². The Labute approximate surface area is 83.8 Å². The van der Waals surface area contributed by atoms with Crippen molar-refractivity contribution < 1.29 is 9.47 Å². The summed E-state index contributed by atoms with van der Waals surface area (Å²) in [7, 11) is 0. The van der Waals surface area contributed by atoms with E-state index in [1.54, 1.807) is 0 Å². The van der Waals surface area contributed by atoms with Gasteiger partial charge in [-0.15, -0.1) is 0 Å². The van der Waals surface area contributed by atoms with Gasteiger partial charge < -0.3 is 15.2 Å². The van der Waals surface area contributed by atoms with Crippen LogP contribution in [0.15, 0.2) is 24.3 Å². The molecule has 1 aromatic carbocycles. The van der Waals surface area contributed by atoms with E-state index in [0.29, 0.717) is 6.79 Å². The summed E-state index contributed by atoms with van der Waals surface area (Å²) in [6.07, 6.45) is 2.61. The summed E-state index contributed by atoms with van der Waals surface area (Å²) in [5.41, 5.74) is 6.29. The molecule has 0 amide bonds. The molecule has 0 bridgehead atoms. The Morgan fingerprint density at radius 2 is 1.93 bits per heavy atom. The van der Waals surface area contributed by atoms with E-state index < -0.39 is 0 Å². The van der Waals surface area contributed by atoms with Crippen LogP contribution in [-0.4, -0.2) is 13.4 Å². The molecule has 3 heteroatoms.